The minimum absolute atomic E-state index is 0.0442. The SMILES string of the molecule is O=CC1(CCC2CC2)CCCS1. The maximum atomic E-state index is 10.9. The number of aldehydes is 1. The second kappa shape index (κ2) is 3.41. The van der Waals surface area contributed by atoms with Gasteiger partial charge in [-0.05, 0) is 37.4 Å². The molecule has 1 aliphatic heterocycles. The van der Waals surface area contributed by atoms with Crippen molar-refractivity contribution in [2.75, 3.05) is 5.75 Å². The van der Waals surface area contributed by atoms with Crippen molar-refractivity contribution in [3.05, 3.63) is 0 Å². The topological polar surface area (TPSA) is 17.1 Å². The van der Waals surface area contributed by atoms with E-state index in [1.807, 2.05) is 11.8 Å². The van der Waals surface area contributed by atoms with Crippen molar-refractivity contribution in [2.24, 2.45) is 5.92 Å². The summed E-state index contributed by atoms with van der Waals surface area (Å²) in [5.74, 6) is 2.17. The zero-order valence-electron chi connectivity index (χ0n) is 7.42. The standard InChI is InChI=1S/C10H16OS/c11-8-10(5-1-7-12-10)6-4-9-2-3-9/h8-9H,1-7H2. The predicted molar refractivity (Wildman–Crippen MR) is 52.4 cm³/mol. The van der Waals surface area contributed by atoms with Crippen molar-refractivity contribution in [3.8, 4) is 0 Å². The van der Waals surface area contributed by atoms with Crippen LogP contribution in [0.3, 0.4) is 0 Å². The zero-order chi connectivity index (χ0) is 8.44. The van der Waals surface area contributed by atoms with Gasteiger partial charge < -0.3 is 4.79 Å². The van der Waals surface area contributed by atoms with E-state index in [4.69, 9.17) is 0 Å². The molecule has 0 spiro atoms. The van der Waals surface area contributed by atoms with Gasteiger partial charge in [0.25, 0.3) is 0 Å². The molecule has 68 valence electrons. The fraction of sp³-hybridized carbons (Fsp3) is 0.900. The number of carbonyl (C=O) groups excluding carboxylic acids is 1. The van der Waals surface area contributed by atoms with Crippen LogP contribution in [0.4, 0.5) is 0 Å². The van der Waals surface area contributed by atoms with Gasteiger partial charge in [0.1, 0.15) is 6.29 Å². The molecule has 1 atom stereocenters. The third-order valence-electron chi connectivity index (χ3n) is 3.02. The molecule has 0 radical (unpaired) electrons. The molecule has 2 fully saturated rings. The van der Waals surface area contributed by atoms with E-state index in [0.29, 0.717) is 0 Å². The van der Waals surface area contributed by atoms with Crippen LogP contribution < -0.4 is 0 Å². The van der Waals surface area contributed by atoms with Crippen LogP contribution in [0.15, 0.2) is 0 Å². The summed E-state index contributed by atoms with van der Waals surface area (Å²) in [4.78, 5) is 10.9. The summed E-state index contributed by atoms with van der Waals surface area (Å²) >= 11 is 1.89. The van der Waals surface area contributed by atoms with Crippen LogP contribution in [-0.2, 0) is 4.79 Å². The molecular weight excluding hydrogens is 168 g/mol. The fourth-order valence-corrected chi connectivity index (χ4v) is 3.24. The minimum Gasteiger partial charge on any atom is -0.302 e. The Morgan fingerprint density at radius 3 is 2.83 bits per heavy atom. The van der Waals surface area contributed by atoms with Gasteiger partial charge in [0, 0.05) is 0 Å². The summed E-state index contributed by atoms with van der Waals surface area (Å²) in [7, 11) is 0. The van der Waals surface area contributed by atoms with E-state index < -0.39 is 0 Å². The Kier molecular flexibility index (Phi) is 2.44. The highest BCUT2D eigenvalue weighted by molar-refractivity contribution is 8.01. The van der Waals surface area contributed by atoms with Crippen molar-refractivity contribution in [3.63, 3.8) is 0 Å². The summed E-state index contributed by atoms with van der Waals surface area (Å²) in [5, 5.41) is 0. The lowest BCUT2D eigenvalue weighted by Gasteiger charge is -2.20. The predicted octanol–water partition coefficient (Wildman–Crippen LogP) is 2.64. The van der Waals surface area contributed by atoms with Crippen molar-refractivity contribution in [1.82, 2.24) is 0 Å². The monoisotopic (exact) mass is 184 g/mol. The molecule has 1 saturated carbocycles. The molecule has 1 heterocycles. The van der Waals surface area contributed by atoms with Gasteiger partial charge >= 0.3 is 0 Å². The van der Waals surface area contributed by atoms with E-state index in [9.17, 15) is 4.79 Å². The number of thioether (sulfide) groups is 1. The lowest BCUT2D eigenvalue weighted by molar-refractivity contribution is -0.110. The molecule has 0 aromatic heterocycles. The van der Waals surface area contributed by atoms with Crippen LogP contribution in [0.5, 0.6) is 0 Å². The highest BCUT2D eigenvalue weighted by atomic mass is 32.2. The van der Waals surface area contributed by atoms with Crippen LogP contribution >= 0.6 is 11.8 Å². The first kappa shape index (κ1) is 8.61. The van der Waals surface area contributed by atoms with E-state index in [1.165, 1.54) is 37.7 Å². The summed E-state index contributed by atoms with van der Waals surface area (Å²) in [5.41, 5.74) is 0. The first-order chi connectivity index (χ1) is 5.85. The molecule has 0 amide bonds. The summed E-state index contributed by atoms with van der Waals surface area (Å²) in [6.07, 6.45) is 8.87. The highest BCUT2D eigenvalue weighted by Crippen LogP contribution is 2.44. The van der Waals surface area contributed by atoms with Gasteiger partial charge in [-0.2, -0.15) is 0 Å². The quantitative estimate of drug-likeness (QED) is 0.625. The second-order valence-electron chi connectivity index (χ2n) is 4.12. The Labute approximate surface area is 78.3 Å². The molecule has 1 unspecified atom stereocenters. The first-order valence-electron chi connectivity index (χ1n) is 4.95. The van der Waals surface area contributed by atoms with Gasteiger partial charge in [0.15, 0.2) is 0 Å². The Bertz CT molecular complexity index is 169. The summed E-state index contributed by atoms with van der Waals surface area (Å²) < 4.78 is 0.0442. The Balaban J connectivity index is 1.83. The molecule has 0 aromatic rings. The fourth-order valence-electron chi connectivity index (χ4n) is 1.92. The molecule has 0 bridgehead atoms. The molecule has 2 rings (SSSR count). The number of hydrogen-bond acceptors (Lipinski definition) is 2. The van der Waals surface area contributed by atoms with E-state index in [1.54, 1.807) is 0 Å². The third-order valence-corrected chi connectivity index (χ3v) is 4.59. The van der Waals surface area contributed by atoms with Crippen LogP contribution in [-0.4, -0.2) is 16.8 Å². The van der Waals surface area contributed by atoms with E-state index in [0.717, 1.165) is 18.8 Å². The van der Waals surface area contributed by atoms with Crippen LogP contribution in [0.25, 0.3) is 0 Å². The smallest absolute Gasteiger partial charge is 0.136 e. The summed E-state index contributed by atoms with van der Waals surface area (Å²) in [6.45, 7) is 0. The molecule has 1 aliphatic carbocycles. The van der Waals surface area contributed by atoms with Gasteiger partial charge in [-0.3, -0.25) is 0 Å². The maximum absolute atomic E-state index is 10.9. The molecular formula is C10H16OS. The third kappa shape index (κ3) is 1.85. The van der Waals surface area contributed by atoms with Gasteiger partial charge in [-0.1, -0.05) is 12.8 Å². The molecule has 2 aliphatic rings. The lowest BCUT2D eigenvalue weighted by atomic mass is 9.97. The highest BCUT2D eigenvalue weighted by Gasteiger charge is 2.35. The van der Waals surface area contributed by atoms with Crippen molar-refractivity contribution in [1.29, 1.82) is 0 Å². The molecule has 2 heteroatoms. The van der Waals surface area contributed by atoms with Gasteiger partial charge in [0.2, 0.25) is 0 Å². The molecule has 1 saturated heterocycles. The Hall–Kier alpha value is 0.0200. The normalized spacial score (nSPS) is 35.3. The Morgan fingerprint density at radius 1 is 1.50 bits per heavy atom. The molecule has 0 aromatic carbocycles. The second-order valence-corrected chi connectivity index (χ2v) is 5.63. The largest absolute Gasteiger partial charge is 0.302 e. The Morgan fingerprint density at radius 2 is 2.33 bits per heavy atom. The average Bonchev–Trinajstić information content (AvgIpc) is 2.82. The van der Waals surface area contributed by atoms with Gasteiger partial charge in [-0.25, -0.2) is 0 Å². The average molecular weight is 184 g/mol. The minimum atomic E-state index is 0.0442. The van der Waals surface area contributed by atoms with E-state index >= 15 is 0 Å². The van der Waals surface area contributed by atoms with Gasteiger partial charge in [0.05, 0.1) is 4.75 Å². The van der Waals surface area contributed by atoms with Crippen LogP contribution in [0.2, 0.25) is 0 Å². The van der Waals surface area contributed by atoms with Gasteiger partial charge in [-0.15, -0.1) is 11.8 Å². The molecule has 12 heavy (non-hydrogen) atoms. The summed E-state index contributed by atoms with van der Waals surface area (Å²) in [6, 6.07) is 0. The van der Waals surface area contributed by atoms with E-state index in [2.05, 4.69) is 0 Å². The number of rotatable bonds is 4. The maximum Gasteiger partial charge on any atom is 0.136 e. The van der Waals surface area contributed by atoms with Crippen LogP contribution in [0.1, 0.15) is 38.5 Å². The van der Waals surface area contributed by atoms with Crippen molar-refractivity contribution >= 4 is 18.0 Å². The van der Waals surface area contributed by atoms with E-state index in [-0.39, 0.29) is 4.75 Å². The van der Waals surface area contributed by atoms with Crippen LogP contribution in [0, 0.1) is 5.92 Å². The lowest BCUT2D eigenvalue weighted by Crippen LogP contribution is -2.22. The molecule has 1 nitrogen and oxygen atoms in total. The molecule has 0 N–H and O–H groups in total. The first-order valence-corrected chi connectivity index (χ1v) is 5.93. The van der Waals surface area contributed by atoms with Crippen molar-refractivity contribution in [2.45, 2.75) is 43.3 Å². The zero-order valence-corrected chi connectivity index (χ0v) is 8.24. The van der Waals surface area contributed by atoms with Crippen molar-refractivity contribution < 1.29 is 4.79 Å². The number of hydrogen-bond donors (Lipinski definition) is 0. The number of carbonyl (C=O) groups is 1.